The van der Waals surface area contributed by atoms with Crippen molar-refractivity contribution in [1.82, 2.24) is 9.62 Å². The molecule has 0 fully saturated rings. The summed E-state index contributed by atoms with van der Waals surface area (Å²) in [6.07, 6.45) is -0.437. The smallest absolute Gasteiger partial charge is 0.264 e. The summed E-state index contributed by atoms with van der Waals surface area (Å²) in [6, 6.07) is 13.5. The van der Waals surface area contributed by atoms with E-state index in [1.165, 1.54) is 4.90 Å². The number of aryl methyl sites for hydroxylation is 1. The van der Waals surface area contributed by atoms with Gasteiger partial charge in [0, 0.05) is 7.05 Å². The molecule has 0 bridgehead atoms. The second kappa shape index (κ2) is 7.58. The minimum Gasteiger partial charge on any atom is -0.497 e. The van der Waals surface area contributed by atoms with Gasteiger partial charge in [-0.1, -0.05) is 29.8 Å². The molecule has 2 N–H and O–H groups in total. The second-order valence-corrected chi connectivity index (χ2v) is 8.20. The van der Waals surface area contributed by atoms with E-state index in [4.69, 9.17) is 4.74 Å². The number of sulfonamides is 1. The Labute approximate surface area is 159 Å². The number of methoxy groups -OCH3 is 1. The van der Waals surface area contributed by atoms with Crippen molar-refractivity contribution in [3.05, 3.63) is 59.7 Å². The lowest BCUT2D eigenvalue weighted by atomic mass is 10.1. The van der Waals surface area contributed by atoms with E-state index in [1.807, 2.05) is 31.2 Å². The molecule has 0 saturated carbocycles. The first-order valence-electron chi connectivity index (χ1n) is 8.51. The van der Waals surface area contributed by atoms with Crippen LogP contribution < -0.4 is 9.46 Å². The molecule has 0 radical (unpaired) electrons. The quantitative estimate of drug-likeness (QED) is 0.809. The van der Waals surface area contributed by atoms with E-state index in [1.54, 1.807) is 38.4 Å². The number of rotatable bonds is 5. The molecule has 1 aliphatic rings. The second-order valence-electron chi connectivity index (χ2n) is 6.52. The normalized spacial score (nSPS) is 19.7. The Bertz CT molecular complexity index is 924. The molecule has 27 heavy (non-hydrogen) atoms. The fourth-order valence-corrected chi connectivity index (χ4v) is 3.90. The summed E-state index contributed by atoms with van der Waals surface area (Å²) in [5, 5.41) is 10.4. The molecule has 2 unspecified atom stereocenters. The summed E-state index contributed by atoms with van der Waals surface area (Å²) in [7, 11) is -0.567. The SMILES string of the molecule is COc1ccc(CC2N=C(NS(=O)(=O)c3ccc(C)cc3)N(C)C2O)cc1. The minimum absolute atomic E-state index is 0.126. The molecule has 0 amide bonds. The summed E-state index contributed by atoms with van der Waals surface area (Å²) in [5.41, 5.74) is 1.94. The lowest BCUT2D eigenvalue weighted by molar-refractivity contribution is 0.0614. The van der Waals surface area contributed by atoms with Gasteiger partial charge >= 0.3 is 0 Å². The number of aliphatic imine (C=N–C) groups is 1. The third kappa shape index (κ3) is 4.23. The van der Waals surface area contributed by atoms with E-state index in [0.717, 1.165) is 16.9 Å². The molecule has 1 aliphatic heterocycles. The van der Waals surface area contributed by atoms with Gasteiger partial charge in [0.2, 0.25) is 5.96 Å². The van der Waals surface area contributed by atoms with E-state index in [2.05, 4.69) is 9.71 Å². The molecule has 0 aliphatic carbocycles. The van der Waals surface area contributed by atoms with Crippen molar-refractivity contribution >= 4 is 16.0 Å². The highest BCUT2D eigenvalue weighted by Gasteiger charge is 2.34. The van der Waals surface area contributed by atoms with Crippen molar-refractivity contribution in [2.24, 2.45) is 4.99 Å². The van der Waals surface area contributed by atoms with Crippen molar-refractivity contribution < 1.29 is 18.3 Å². The highest BCUT2D eigenvalue weighted by molar-refractivity contribution is 7.90. The molecule has 0 saturated heterocycles. The Hall–Kier alpha value is -2.58. The number of aliphatic hydroxyl groups is 1. The van der Waals surface area contributed by atoms with Gasteiger partial charge in [-0.05, 0) is 43.2 Å². The number of nitrogens with one attached hydrogen (secondary N) is 1. The molecule has 7 nitrogen and oxygen atoms in total. The maximum Gasteiger partial charge on any atom is 0.264 e. The molecule has 2 atom stereocenters. The van der Waals surface area contributed by atoms with Gasteiger partial charge in [-0.2, -0.15) is 0 Å². The van der Waals surface area contributed by atoms with Crippen LogP contribution in [0.3, 0.4) is 0 Å². The van der Waals surface area contributed by atoms with E-state index in [-0.39, 0.29) is 10.9 Å². The first-order chi connectivity index (χ1) is 12.8. The van der Waals surface area contributed by atoms with E-state index >= 15 is 0 Å². The Morgan fingerprint density at radius 2 is 1.78 bits per heavy atom. The van der Waals surface area contributed by atoms with Crippen molar-refractivity contribution in [2.45, 2.75) is 30.5 Å². The summed E-state index contributed by atoms with van der Waals surface area (Å²) >= 11 is 0. The summed E-state index contributed by atoms with van der Waals surface area (Å²) in [6.45, 7) is 1.89. The van der Waals surface area contributed by atoms with Crippen LogP contribution in [0.4, 0.5) is 0 Å². The summed E-state index contributed by atoms with van der Waals surface area (Å²) in [4.78, 5) is 5.97. The topological polar surface area (TPSA) is 91.2 Å². The minimum atomic E-state index is -3.77. The van der Waals surface area contributed by atoms with Gasteiger partial charge in [0.25, 0.3) is 10.0 Å². The third-order valence-corrected chi connectivity index (χ3v) is 5.87. The van der Waals surface area contributed by atoms with Gasteiger partial charge in [0.15, 0.2) is 6.23 Å². The molecule has 1 heterocycles. The summed E-state index contributed by atoms with van der Waals surface area (Å²) in [5.74, 6) is 0.875. The van der Waals surface area contributed by atoms with Crippen molar-refractivity contribution in [2.75, 3.05) is 14.2 Å². The molecule has 3 rings (SSSR count). The lowest BCUT2D eigenvalue weighted by Gasteiger charge is -2.22. The first kappa shape index (κ1) is 19.2. The van der Waals surface area contributed by atoms with Crippen LogP contribution >= 0.6 is 0 Å². The Morgan fingerprint density at radius 1 is 1.15 bits per heavy atom. The third-order valence-electron chi connectivity index (χ3n) is 4.52. The van der Waals surface area contributed by atoms with Crippen LogP contribution in [0.15, 0.2) is 58.4 Å². The molecular weight excluding hydrogens is 366 g/mol. The van der Waals surface area contributed by atoms with Crippen molar-refractivity contribution in [3.63, 3.8) is 0 Å². The van der Waals surface area contributed by atoms with Gasteiger partial charge in [-0.25, -0.2) is 18.1 Å². The predicted molar refractivity (Wildman–Crippen MR) is 103 cm³/mol. The largest absolute Gasteiger partial charge is 0.497 e. The van der Waals surface area contributed by atoms with Gasteiger partial charge < -0.3 is 14.7 Å². The first-order valence-corrected chi connectivity index (χ1v) is 9.99. The Kier molecular flexibility index (Phi) is 5.38. The predicted octanol–water partition coefficient (Wildman–Crippen LogP) is 1.51. The van der Waals surface area contributed by atoms with Crippen LogP contribution in [-0.4, -0.2) is 50.8 Å². The Morgan fingerprint density at radius 3 is 2.37 bits per heavy atom. The van der Waals surface area contributed by atoms with E-state index < -0.39 is 22.3 Å². The number of nitrogens with zero attached hydrogens (tertiary/aromatic N) is 2. The lowest BCUT2D eigenvalue weighted by Crippen LogP contribution is -2.44. The standard InChI is InChI=1S/C19H23N3O4S/c1-13-4-10-16(11-5-13)27(24,25)21-19-20-17(18(23)22(19)2)12-14-6-8-15(26-3)9-7-14/h4-11,17-18,23H,12H2,1-3H3,(H,20,21). The van der Waals surface area contributed by atoms with E-state index in [0.29, 0.717) is 6.42 Å². The summed E-state index contributed by atoms with van der Waals surface area (Å²) < 4.78 is 32.8. The maximum atomic E-state index is 12.6. The van der Waals surface area contributed by atoms with Gasteiger partial charge in [-0.3, -0.25) is 0 Å². The average molecular weight is 389 g/mol. The number of likely N-dealkylation sites (N-methyl/N-ethyl adjacent to an activating group) is 1. The van der Waals surface area contributed by atoms with Crippen LogP contribution in [0, 0.1) is 6.92 Å². The maximum absolute atomic E-state index is 12.6. The number of hydrogen-bond acceptors (Lipinski definition) is 6. The van der Waals surface area contributed by atoms with Crippen LogP contribution in [0.25, 0.3) is 0 Å². The Balaban J connectivity index is 1.76. The van der Waals surface area contributed by atoms with Gasteiger partial charge in [0.1, 0.15) is 11.8 Å². The van der Waals surface area contributed by atoms with Crippen molar-refractivity contribution in [1.29, 1.82) is 0 Å². The molecule has 8 heteroatoms. The highest BCUT2D eigenvalue weighted by Crippen LogP contribution is 2.20. The molecule has 144 valence electrons. The monoisotopic (exact) mass is 389 g/mol. The molecule has 2 aromatic rings. The van der Waals surface area contributed by atoms with Crippen LogP contribution in [-0.2, 0) is 16.4 Å². The number of guanidine groups is 1. The highest BCUT2D eigenvalue weighted by atomic mass is 32.2. The van der Waals surface area contributed by atoms with Gasteiger partial charge in [0.05, 0.1) is 12.0 Å². The van der Waals surface area contributed by atoms with Crippen LogP contribution in [0.5, 0.6) is 5.75 Å². The fraction of sp³-hybridized carbons (Fsp3) is 0.316. The molecule has 0 spiro atoms. The number of aliphatic hydroxyl groups excluding tert-OH is 1. The van der Waals surface area contributed by atoms with Crippen LogP contribution in [0.2, 0.25) is 0 Å². The van der Waals surface area contributed by atoms with E-state index in [9.17, 15) is 13.5 Å². The van der Waals surface area contributed by atoms with Gasteiger partial charge in [-0.15, -0.1) is 0 Å². The number of hydrogen-bond donors (Lipinski definition) is 2. The fourth-order valence-electron chi connectivity index (χ4n) is 2.85. The zero-order valence-electron chi connectivity index (χ0n) is 15.5. The molecule has 2 aromatic carbocycles. The molecular formula is C19H23N3O4S. The number of benzene rings is 2. The average Bonchev–Trinajstić information content (AvgIpc) is 2.90. The van der Waals surface area contributed by atoms with Crippen LogP contribution in [0.1, 0.15) is 11.1 Å². The zero-order valence-corrected chi connectivity index (χ0v) is 16.3. The molecule has 0 aromatic heterocycles. The van der Waals surface area contributed by atoms with Crippen molar-refractivity contribution in [3.8, 4) is 5.75 Å². The number of ether oxygens (including phenoxy) is 1. The zero-order chi connectivity index (χ0) is 19.6.